The Morgan fingerprint density at radius 1 is 1.38 bits per heavy atom. The summed E-state index contributed by atoms with van der Waals surface area (Å²) in [5.41, 5.74) is 1.82. The Labute approximate surface area is 123 Å². The molecule has 0 aromatic carbocycles. The molecule has 3 atom stereocenters. The van der Waals surface area contributed by atoms with E-state index in [1.165, 1.54) is 0 Å². The van der Waals surface area contributed by atoms with Crippen LogP contribution >= 0.6 is 0 Å². The molecule has 2 fully saturated rings. The second-order valence-corrected chi connectivity index (χ2v) is 6.08. The Kier molecular flexibility index (Phi) is 3.47. The lowest BCUT2D eigenvalue weighted by Gasteiger charge is -2.23. The molecular formula is C15H20N2O4. The number of carbonyl (C=O) groups is 2. The average molecular weight is 292 g/mol. The van der Waals surface area contributed by atoms with Crippen molar-refractivity contribution >= 4 is 11.9 Å². The first-order valence-electron chi connectivity index (χ1n) is 7.44. The molecule has 1 aromatic rings. The highest BCUT2D eigenvalue weighted by molar-refractivity contribution is 5.80. The van der Waals surface area contributed by atoms with E-state index < -0.39 is 5.97 Å². The van der Waals surface area contributed by atoms with Crippen molar-refractivity contribution in [1.29, 1.82) is 0 Å². The summed E-state index contributed by atoms with van der Waals surface area (Å²) in [4.78, 5) is 25.5. The summed E-state index contributed by atoms with van der Waals surface area (Å²) in [6.07, 6.45) is 3.36. The SMILES string of the molecule is Cc1noc(C)c1CCC(=O)N1C2CCC1C(C(=O)O)C2. The number of rotatable bonds is 4. The van der Waals surface area contributed by atoms with E-state index in [1.54, 1.807) is 0 Å². The molecule has 6 nitrogen and oxygen atoms in total. The minimum Gasteiger partial charge on any atom is -0.481 e. The molecule has 3 heterocycles. The molecule has 1 N–H and O–H groups in total. The number of nitrogens with zero attached hydrogens (tertiary/aromatic N) is 2. The van der Waals surface area contributed by atoms with Crippen LogP contribution < -0.4 is 0 Å². The van der Waals surface area contributed by atoms with Gasteiger partial charge in [-0.25, -0.2) is 0 Å². The first-order chi connectivity index (χ1) is 9.99. The van der Waals surface area contributed by atoms with Crippen LogP contribution in [0.1, 0.15) is 42.7 Å². The predicted molar refractivity (Wildman–Crippen MR) is 73.7 cm³/mol. The highest BCUT2D eigenvalue weighted by Gasteiger charge is 2.50. The van der Waals surface area contributed by atoms with Crippen molar-refractivity contribution in [3.8, 4) is 0 Å². The standard InChI is InChI=1S/C15H20N2O4/c1-8-11(9(2)21-16-8)4-6-14(18)17-10-3-5-13(17)12(7-10)15(19)20/h10,12-13H,3-7H2,1-2H3,(H,19,20). The molecule has 21 heavy (non-hydrogen) atoms. The molecule has 0 radical (unpaired) electrons. The Morgan fingerprint density at radius 2 is 2.14 bits per heavy atom. The summed E-state index contributed by atoms with van der Waals surface area (Å²) in [6.45, 7) is 3.72. The van der Waals surface area contributed by atoms with Gasteiger partial charge in [0.05, 0.1) is 11.6 Å². The molecule has 6 heteroatoms. The Balaban J connectivity index is 1.66. The molecule has 2 aliphatic rings. The molecule has 114 valence electrons. The van der Waals surface area contributed by atoms with Crippen molar-refractivity contribution in [3.63, 3.8) is 0 Å². The number of carboxylic acid groups (broad SMARTS) is 1. The van der Waals surface area contributed by atoms with Gasteiger partial charge in [-0.3, -0.25) is 9.59 Å². The van der Waals surface area contributed by atoms with Gasteiger partial charge in [0.1, 0.15) is 5.76 Å². The fraction of sp³-hybridized carbons (Fsp3) is 0.667. The van der Waals surface area contributed by atoms with Gasteiger partial charge in [-0.15, -0.1) is 0 Å². The van der Waals surface area contributed by atoms with Gasteiger partial charge in [0.25, 0.3) is 0 Å². The van der Waals surface area contributed by atoms with Crippen molar-refractivity contribution < 1.29 is 19.2 Å². The van der Waals surface area contributed by atoms with E-state index in [9.17, 15) is 14.7 Å². The van der Waals surface area contributed by atoms with Gasteiger partial charge < -0.3 is 14.5 Å². The number of carbonyl (C=O) groups excluding carboxylic acids is 1. The van der Waals surface area contributed by atoms with Gasteiger partial charge in [-0.2, -0.15) is 0 Å². The van der Waals surface area contributed by atoms with E-state index in [0.29, 0.717) is 19.3 Å². The lowest BCUT2D eigenvalue weighted by Crippen LogP contribution is -2.38. The normalized spacial score (nSPS) is 27.3. The van der Waals surface area contributed by atoms with Crippen LogP contribution in [-0.4, -0.2) is 39.1 Å². The van der Waals surface area contributed by atoms with E-state index in [4.69, 9.17) is 4.52 Å². The lowest BCUT2D eigenvalue weighted by atomic mass is 9.89. The highest BCUT2D eigenvalue weighted by Crippen LogP contribution is 2.42. The van der Waals surface area contributed by atoms with Crippen LogP contribution in [0.5, 0.6) is 0 Å². The van der Waals surface area contributed by atoms with Gasteiger partial charge in [-0.05, 0) is 39.5 Å². The molecule has 3 unspecified atom stereocenters. The summed E-state index contributed by atoms with van der Waals surface area (Å²) >= 11 is 0. The summed E-state index contributed by atoms with van der Waals surface area (Å²) in [7, 11) is 0. The van der Waals surface area contributed by atoms with Crippen molar-refractivity contribution in [2.75, 3.05) is 0 Å². The number of aromatic nitrogens is 1. The first kappa shape index (κ1) is 14.1. The Bertz CT molecular complexity index is 561. The number of hydrogen-bond acceptors (Lipinski definition) is 4. The molecule has 0 spiro atoms. The molecular weight excluding hydrogens is 272 g/mol. The maximum Gasteiger partial charge on any atom is 0.308 e. The van der Waals surface area contributed by atoms with Gasteiger partial charge in [0.2, 0.25) is 5.91 Å². The fourth-order valence-electron chi connectivity index (χ4n) is 3.86. The van der Waals surface area contributed by atoms with Crippen molar-refractivity contribution in [3.05, 3.63) is 17.0 Å². The summed E-state index contributed by atoms with van der Waals surface area (Å²) in [6, 6.07) is 0.0120. The van der Waals surface area contributed by atoms with Crippen LogP contribution in [0.3, 0.4) is 0 Å². The second-order valence-electron chi connectivity index (χ2n) is 6.08. The Morgan fingerprint density at radius 3 is 2.71 bits per heavy atom. The predicted octanol–water partition coefficient (Wildman–Crippen LogP) is 1.69. The monoisotopic (exact) mass is 292 g/mol. The van der Waals surface area contributed by atoms with Gasteiger partial charge in [0.15, 0.2) is 0 Å². The van der Waals surface area contributed by atoms with Crippen LogP contribution in [-0.2, 0) is 16.0 Å². The average Bonchev–Trinajstić information content (AvgIpc) is 3.10. The number of fused-ring (bicyclic) bond motifs is 2. The molecule has 3 rings (SSSR count). The largest absolute Gasteiger partial charge is 0.481 e. The van der Waals surface area contributed by atoms with Crippen LogP contribution in [0.25, 0.3) is 0 Å². The third kappa shape index (κ3) is 2.32. The zero-order chi connectivity index (χ0) is 15.1. The zero-order valence-electron chi connectivity index (χ0n) is 12.3. The topological polar surface area (TPSA) is 83.6 Å². The molecule has 1 aromatic heterocycles. The van der Waals surface area contributed by atoms with E-state index in [1.807, 2.05) is 18.7 Å². The van der Waals surface area contributed by atoms with Gasteiger partial charge in [-0.1, -0.05) is 5.16 Å². The quantitative estimate of drug-likeness (QED) is 0.913. The molecule has 2 saturated heterocycles. The third-order valence-corrected chi connectivity index (χ3v) is 4.91. The van der Waals surface area contributed by atoms with Crippen molar-refractivity contribution in [1.82, 2.24) is 10.1 Å². The molecule has 0 aliphatic carbocycles. The number of amides is 1. The summed E-state index contributed by atoms with van der Waals surface area (Å²) in [5, 5.41) is 13.1. The minimum atomic E-state index is -0.772. The van der Waals surface area contributed by atoms with Crippen molar-refractivity contribution in [2.45, 2.75) is 58.0 Å². The molecule has 2 aliphatic heterocycles. The van der Waals surface area contributed by atoms with Crippen LogP contribution in [0.15, 0.2) is 4.52 Å². The van der Waals surface area contributed by atoms with Crippen LogP contribution in [0.2, 0.25) is 0 Å². The lowest BCUT2D eigenvalue weighted by molar-refractivity contribution is -0.143. The number of hydrogen-bond donors (Lipinski definition) is 1. The Hall–Kier alpha value is -1.85. The smallest absolute Gasteiger partial charge is 0.308 e. The first-order valence-corrected chi connectivity index (χ1v) is 7.44. The molecule has 2 bridgehead atoms. The van der Waals surface area contributed by atoms with E-state index in [2.05, 4.69) is 5.16 Å². The third-order valence-electron chi connectivity index (χ3n) is 4.91. The second kappa shape index (κ2) is 5.16. The number of carboxylic acids is 1. The number of aryl methyl sites for hydroxylation is 2. The van der Waals surface area contributed by atoms with E-state index in [-0.39, 0.29) is 23.9 Å². The summed E-state index contributed by atoms with van der Waals surface area (Å²) in [5.74, 6) is -0.336. The van der Waals surface area contributed by atoms with Gasteiger partial charge in [0, 0.05) is 24.1 Å². The summed E-state index contributed by atoms with van der Waals surface area (Å²) < 4.78 is 5.10. The number of aliphatic carboxylic acids is 1. The van der Waals surface area contributed by atoms with E-state index >= 15 is 0 Å². The molecule has 1 amide bonds. The zero-order valence-corrected chi connectivity index (χ0v) is 12.3. The van der Waals surface area contributed by atoms with Crippen molar-refractivity contribution in [2.24, 2.45) is 5.92 Å². The highest BCUT2D eigenvalue weighted by atomic mass is 16.5. The maximum absolute atomic E-state index is 12.5. The maximum atomic E-state index is 12.5. The van der Waals surface area contributed by atoms with Gasteiger partial charge >= 0.3 is 5.97 Å². The van der Waals surface area contributed by atoms with E-state index in [0.717, 1.165) is 29.9 Å². The van der Waals surface area contributed by atoms with Crippen LogP contribution in [0.4, 0.5) is 0 Å². The van der Waals surface area contributed by atoms with Crippen LogP contribution in [0, 0.1) is 19.8 Å². The minimum absolute atomic E-state index is 0.0613. The molecule has 0 saturated carbocycles. The fourth-order valence-corrected chi connectivity index (χ4v) is 3.86.